The number of benzene rings is 3. The van der Waals surface area contributed by atoms with Gasteiger partial charge in [-0.3, -0.25) is 19.2 Å². The van der Waals surface area contributed by atoms with Crippen molar-refractivity contribution in [2.75, 3.05) is 23.6 Å². The molecular weight excluding hydrogens is 590 g/mol. The number of likely N-dealkylation sites (tertiary alicyclic amines) is 1. The summed E-state index contributed by atoms with van der Waals surface area (Å²) in [4.78, 5) is 26.5. The molecule has 0 bridgehead atoms. The van der Waals surface area contributed by atoms with Crippen molar-refractivity contribution >= 4 is 50.7 Å². The van der Waals surface area contributed by atoms with Crippen LogP contribution in [-0.4, -0.2) is 50.0 Å². The topological polar surface area (TPSA) is 122 Å². The van der Waals surface area contributed by atoms with Crippen LogP contribution in [0.1, 0.15) is 41.4 Å². The van der Waals surface area contributed by atoms with Crippen LogP contribution in [0.5, 0.6) is 0 Å². The number of hydrogen-bond acceptors (Lipinski definition) is 5. The van der Waals surface area contributed by atoms with Crippen LogP contribution in [0.25, 0.3) is 0 Å². The third kappa shape index (κ3) is 7.97. The third-order valence-electron chi connectivity index (χ3n) is 6.87. The standard InChI is InChI=1S/C29H31Cl2FN4O4S/c1-17(2)26(28(33)37)34-29(38)21-11-24(32)13-25(12-21)35-41(39,40)16-18-14-36(15-18)27(19-3-7-22(30)8-4-19)20-5-9-23(31)10-6-20/h3-13,17-18,26-27,35H,14-16H2,1-2H3,(H2,33,37)(H,34,38). The van der Waals surface area contributed by atoms with E-state index in [0.717, 1.165) is 23.3 Å². The van der Waals surface area contributed by atoms with E-state index in [9.17, 15) is 22.4 Å². The summed E-state index contributed by atoms with van der Waals surface area (Å²) in [6, 6.07) is 17.1. The van der Waals surface area contributed by atoms with Crippen LogP contribution in [0, 0.1) is 17.7 Å². The monoisotopic (exact) mass is 620 g/mol. The number of anilines is 1. The van der Waals surface area contributed by atoms with Gasteiger partial charge in [0.15, 0.2) is 0 Å². The smallest absolute Gasteiger partial charge is 0.252 e. The molecule has 8 nitrogen and oxygen atoms in total. The zero-order chi connectivity index (χ0) is 29.9. The molecule has 3 aromatic rings. The second-order valence-corrected chi connectivity index (χ2v) is 13.2. The highest BCUT2D eigenvalue weighted by atomic mass is 35.5. The molecule has 1 fully saturated rings. The molecular formula is C29H31Cl2FN4O4S. The lowest BCUT2D eigenvalue weighted by atomic mass is 9.91. The minimum Gasteiger partial charge on any atom is -0.368 e. The number of carbonyl (C=O) groups excluding carboxylic acids is 2. The van der Waals surface area contributed by atoms with Crippen molar-refractivity contribution in [3.05, 3.63) is 99.3 Å². The molecule has 0 aliphatic carbocycles. The Labute approximate surface area is 249 Å². The average Bonchev–Trinajstić information content (AvgIpc) is 2.86. The van der Waals surface area contributed by atoms with Crippen LogP contribution in [0.4, 0.5) is 10.1 Å². The summed E-state index contributed by atoms with van der Waals surface area (Å²) in [7, 11) is -3.88. The number of nitrogens with one attached hydrogen (secondary N) is 2. The molecule has 1 heterocycles. The van der Waals surface area contributed by atoms with Crippen LogP contribution < -0.4 is 15.8 Å². The van der Waals surface area contributed by atoms with Gasteiger partial charge < -0.3 is 11.1 Å². The van der Waals surface area contributed by atoms with E-state index in [1.54, 1.807) is 13.8 Å². The third-order valence-corrected chi connectivity index (χ3v) is 8.83. The first kappa shape index (κ1) is 30.8. The lowest BCUT2D eigenvalue weighted by Gasteiger charge is -2.44. The predicted octanol–water partition coefficient (Wildman–Crippen LogP) is 4.84. The normalized spacial score (nSPS) is 15.0. The van der Waals surface area contributed by atoms with Gasteiger partial charge in [0.05, 0.1) is 17.5 Å². The molecule has 1 unspecified atom stereocenters. The van der Waals surface area contributed by atoms with E-state index in [0.29, 0.717) is 23.1 Å². The summed E-state index contributed by atoms with van der Waals surface area (Å²) >= 11 is 12.2. The van der Waals surface area contributed by atoms with E-state index in [2.05, 4.69) is 14.9 Å². The van der Waals surface area contributed by atoms with Crippen molar-refractivity contribution in [1.82, 2.24) is 10.2 Å². The summed E-state index contributed by atoms with van der Waals surface area (Å²) in [5, 5.41) is 3.71. The Balaban J connectivity index is 1.43. The lowest BCUT2D eigenvalue weighted by molar-refractivity contribution is -0.120. The van der Waals surface area contributed by atoms with Gasteiger partial charge >= 0.3 is 0 Å². The SMILES string of the molecule is CC(C)C(NC(=O)c1cc(F)cc(NS(=O)(=O)CC2CN(C(c3ccc(Cl)cc3)c3ccc(Cl)cc3)C2)c1)C(N)=O. The number of carbonyl (C=O) groups is 2. The summed E-state index contributed by atoms with van der Waals surface area (Å²) in [5.74, 6) is -2.93. The van der Waals surface area contributed by atoms with E-state index in [1.165, 1.54) is 6.07 Å². The predicted molar refractivity (Wildman–Crippen MR) is 159 cm³/mol. The zero-order valence-corrected chi connectivity index (χ0v) is 24.8. The number of nitrogens with two attached hydrogens (primary N) is 1. The van der Waals surface area contributed by atoms with Gasteiger partial charge in [-0.1, -0.05) is 61.3 Å². The molecule has 1 atom stereocenters. The fourth-order valence-corrected chi connectivity index (χ4v) is 6.58. The highest BCUT2D eigenvalue weighted by molar-refractivity contribution is 7.92. The molecule has 0 spiro atoms. The molecule has 1 aliphatic heterocycles. The van der Waals surface area contributed by atoms with Gasteiger partial charge in [-0.15, -0.1) is 0 Å². The van der Waals surface area contributed by atoms with Gasteiger partial charge in [0.1, 0.15) is 11.9 Å². The number of primary amides is 1. The Morgan fingerprint density at radius 3 is 2.00 bits per heavy atom. The molecule has 0 aromatic heterocycles. The van der Waals surface area contributed by atoms with Crippen LogP contribution in [0.2, 0.25) is 10.0 Å². The first-order valence-corrected chi connectivity index (χ1v) is 15.4. The van der Waals surface area contributed by atoms with Gasteiger partial charge in [0.25, 0.3) is 5.91 Å². The van der Waals surface area contributed by atoms with Gasteiger partial charge in [-0.05, 0) is 59.5 Å². The molecule has 2 amide bonds. The fraction of sp³-hybridized carbons (Fsp3) is 0.310. The fourth-order valence-electron chi connectivity index (χ4n) is 4.93. The summed E-state index contributed by atoms with van der Waals surface area (Å²) < 4.78 is 42.7. The first-order valence-electron chi connectivity index (χ1n) is 13.0. The molecule has 1 aliphatic rings. The number of halogens is 3. The maximum absolute atomic E-state index is 14.3. The van der Waals surface area contributed by atoms with Crippen LogP contribution in [-0.2, 0) is 14.8 Å². The van der Waals surface area contributed by atoms with Crippen molar-refractivity contribution in [1.29, 1.82) is 0 Å². The zero-order valence-electron chi connectivity index (χ0n) is 22.5. The molecule has 0 saturated carbocycles. The highest BCUT2D eigenvalue weighted by Gasteiger charge is 2.36. The molecule has 0 radical (unpaired) electrons. The Morgan fingerprint density at radius 2 is 1.51 bits per heavy atom. The van der Waals surface area contributed by atoms with E-state index in [-0.39, 0.29) is 34.9 Å². The van der Waals surface area contributed by atoms with Crippen molar-refractivity contribution < 1.29 is 22.4 Å². The second-order valence-electron chi connectivity index (χ2n) is 10.5. The van der Waals surface area contributed by atoms with Crippen molar-refractivity contribution in [2.24, 2.45) is 17.6 Å². The first-order chi connectivity index (χ1) is 19.3. The van der Waals surface area contributed by atoms with Crippen LogP contribution in [0.3, 0.4) is 0 Å². The largest absolute Gasteiger partial charge is 0.368 e. The van der Waals surface area contributed by atoms with Gasteiger partial charge in [0.2, 0.25) is 15.9 Å². The summed E-state index contributed by atoms with van der Waals surface area (Å²) in [5.41, 5.74) is 7.14. The van der Waals surface area contributed by atoms with E-state index in [1.807, 2.05) is 48.5 Å². The summed E-state index contributed by atoms with van der Waals surface area (Å²) in [6.07, 6.45) is 0. The Bertz CT molecular complexity index is 1470. The van der Waals surface area contributed by atoms with E-state index >= 15 is 0 Å². The number of rotatable bonds is 11. The molecule has 1 saturated heterocycles. The van der Waals surface area contributed by atoms with E-state index < -0.39 is 33.7 Å². The van der Waals surface area contributed by atoms with Crippen molar-refractivity contribution in [3.63, 3.8) is 0 Å². The number of sulfonamides is 1. The molecule has 4 rings (SSSR count). The second kappa shape index (κ2) is 12.8. The number of nitrogens with zero attached hydrogens (tertiary/aromatic N) is 1. The minimum absolute atomic E-state index is 0.0910. The highest BCUT2D eigenvalue weighted by Crippen LogP contribution is 2.36. The maximum Gasteiger partial charge on any atom is 0.252 e. The molecule has 3 aromatic carbocycles. The van der Waals surface area contributed by atoms with Gasteiger partial charge in [-0.2, -0.15) is 0 Å². The number of hydrogen-bond donors (Lipinski definition) is 3. The minimum atomic E-state index is -3.88. The van der Waals surface area contributed by atoms with Gasteiger partial charge in [-0.25, -0.2) is 12.8 Å². The molecule has 12 heteroatoms. The van der Waals surface area contributed by atoms with Crippen LogP contribution >= 0.6 is 23.2 Å². The quantitative estimate of drug-likeness (QED) is 0.283. The van der Waals surface area contributed by atoms with Gasteiger partial charge in [0, 0.05) is 34.6 Å². The van der Waals surface area contributed by atoms with Crippen molar-refractivity contribution in [2.45, 2.75) is 25.9 Å². The molecule has 218 valence electrons. The Kier molecular flexibility index (Phi) is 9.59. The molecule has 41 heavy (non-hydrogen) atoms. The maximum atomic E-state index is 14.3. The van der Waals surface area contributed by atoms with Crippen molar-refractivity contribution in [3.8, 4) is 0 Å². The van der Waals surface area contributed by atoms with E-state index in [4.69, 9.17) is 28.9 Å². The number of amides is 2. The average molecular weight is 622 g/mol. The summed E-state index contributed by atoms with van der Waals surface area (Å²) in [6.45, 7) is 4.43. The Hall–Kier alpha value is -3.18. The van der Waals surface area contributed by atoms with Crippen LogP contribution in [0.15, 0.2) is 66.7 Å². The molecule has 4 N–H and O–H groups in total. The Morgan fingerprint density at radius 1 is 0.976 bits per heavy atom. The lowest BCUT2D eigenvalue weighted by Crippen LogP contribution is -2.51.